The number of nitrogens with one attached hydrogen (secondary N) is 1. The van der Waals surface area contributed by atoms with Crippen LogP contribution in [-0.2, 0) is 4.79 Å². The Hall–Kier alpha value is -1.55. The van der Waals surface area contributed by atoms with Gasteiger partial charge in [0, 0.05) is 19.1 Å². The number of rotatable bonds is 4. The minimum atomic E-state index is -0.179. The average molecular weight is 262 g/mol. The van der Waals surface area contributed by atoms with Crippen LogP contribution in [0.25, 0.3) is 0 Å². The first kappa shape index (κ1) is 13.9. The summed E-state index contributed by atoms with van der Waals surface area (Å²) < 4.78 is 0. The van der Waals surface area contributed by atoms with Gasteiger partial charge in [-0.3, -0.25) is 10.1 Å². The summed E-state index contributed by atoms with van der Waals surface area (Å²) in [7, 11) is 0. The van der Waals surface area contributed by atoms with Crippen LogP contribution in [-0.4, -0.2) is 35.0 Å². The Bertz CT molecular complexity index is 424. The number of hydrogen-bond acceptors (Lipinski definition) is 3. The van der Waals surface area contributed by atoms with Crippen molar-refractivity contribution in [3.8, 4) is 5.75 Å². The topological polar surface area (TPSA) is 52.6 Å². The van der Waals surface area contributed by atoms with Crippen LogP contribution in [0.2, 0.25) is 0 Å². The van der Waals surface area contributed by atoms with Gasteiger partial charge in [-0.05, 0) is 44.4 Å². The third-order valence-electron chi connectivity index (χ3n) is 3.68. The number of nitrogens with zero attached hydrogens (tertiary/aromatic N) is 1. The fourth-order valence-corrected chi connectivity index (χ4v) is 2.52. The van der Waals surface area contributed by atoms with Gasteiger partial charge in [0.25, 0.3) is 0 Å². The molecular weight excluding hydrogens is 240 g/mol. The second-order valence-electron chi connectivity index (χ2n) is 5.23. The van der Waals surface area contributed by atoms with Crippen LogP contribution in [0, 0.1) is 0 Å². The number of benzene rings is 1. The van der Waals surface area contributed by atoms with Gasteiger partial charge >= 0.3 is 0 Å². The molecule has 0 aliphatic carbocycles. The maximum absolute atomic E-state index is 12.2. The zero-order chi connectivity index (χ0) is 13.8. The molecule has 1 heterocycles. The monoisotopic (exact) mass is 262 g/mol. The molecule has 2 rings (SSSR count). The van der Waals surface area contributed by atoms with Crippen molar-refractivity contribution >= 4 is 5.91 Å². The van der Waals surface area contributed by atoms with Gasteiger partial charge in [0.15, 0.2) is 0 Å². The summed E-state index contributed by atoms with van der Waals surface area (Å²) in [5.74, 6) is 0.445. The van der Waals surface area contributed by atoms with E-state index in [1.165, 1.54) is 0 Å². The smallest absolute Gasteiger partial charge is 0.239 e. The number of likely N-dealkylation sites (tertiary alicyclic amines) is 1. The highest BCUT2D eigenvalue weighted by Gasteiger charge is 2.24. The zero-order valence-corrected chi connectivity index (χ0v) is 11.6. The van der Waals surface area contributed by atoms with Crippen LogP contribution >= 0.6 is 0 Å². The van der Waals surface area contributed by atoms with Crippen molar-refractivity contribution in [2.45, 2.75) is 38.8 Å². The number of carbonyl (C=O) groups is 1. The second kappa shape index (κ2) is 6.06. The fraction of sp³-hybridized carbons (Fsp3) is 0.533. The molecule has 2 atom stereocenters. The molecule has 0 radical (unpaired) electrons. The number of aromatic hydroxyl groups is 1. The van der Waals surface area contributed by atoms with Crippen molar-refractivity contribution in [1.29, 1.82) is 0 Å². The van der Waals surface area contributed by atoms with E-state index in [0.29, 0.717) is 0 Å². The molecule has 0 spiro atoms. The Morgan fingerprint density at radius 2 is 1.79 bits per heavy atom. The number of carbonyl (C=O) groups excluding carboxylic acids is 1. The molecule has 0 bridgehead atoms. The van der Waals surface area contributed by atoms with Gasteiger partial charge in [-0.15, -0.1) is 0 Å². The van der Waals surface area contributed by atoms with E-state index in [4.69, 9.17) is 0 Å². The highest BCUT2D eigenvalue weighted by molar-refractivity contribution is 5.81. The standard InChI is InChI=1S/C15H22N2O2/c1-11(13-5-7-14(18)8-6-13)16-12(2)15(19)17-9-3-4-10-17/h5-8,11-12,16,18H,3-4,9-10H2,1-2H3. The lowest BCUT2D eigenvalue weighted by atomic mass is 10.1. The normalized spacial score (nSPS) is 18.3. The quantitative estimate of drug-likeness (QED) is 0.873. The van der Waals surface area contributed by atoms with Crippen molar-refractivity contribution in [3.05, 3.63) is 29.8 Å². The van der Waals surface area contributed by atoms with Gasteiger partial charge in [-0.1, -0.05) is 12.1 Å². The van der Waals surface area contributed by atoms with Crippen LogP contribution in [0.4, 0.5) is 0 Å². The lowest BCUT2D eigenvalue weighted by Gasteiger charge is -2.24. The van der Waals surface area contributed by atoms with Gasteiger partial charge in [-0.25, -0.2) is 0 Å². The third kappa shape index (κ3) is 3.47. The number of hydrogen-bond donors (Lipinski definition) is 2. The molecule has 0 saturated carbocycles. The highest BCUT2D eigenvalue weighted by atomic mass is 16.3. The summed E-state index contributed by atoms with van der Waals surface area (Å²) in [6.45, 7) is 5.72. The predicted octanol–water partition coefficient (Wildman–Crippen LogP) is 2.05. The van der Waals surface area contributed by atoms with Crippen molar-refractivity contribution in [1.82, 2.24) is 10.2 Å². The molecule has 0 aromatic heterocycles. The molecule has 104 valence electrons. The van der Waals surface area contributed by atoms with E-state index in [-0.39, 0.29) is 23.7 Å². The largest absolute Gasteiger partial charge is 0.508 e. The Labute approximate surface area is 114 Å². The fourth-order valence-electron chi connectivity index (χ4n) is 2.52. The van der Waals surface area contributed by atoms with Gasteiger partial charge in [0.05, 0.1) is 6.04 Å². The van der Waals surface area contributed by atoms with Gasteiger partial charge in [0.1, 0.15) is 5.75 Å². The summed E-state index contributed by atoms with van der Waals surface area (Å²) >= 11 is 0. The van der Waals surface area contributed by atoms with Crippen molar-refractivity contribution in [2.75, 3.05) is 13.1 Å². The van der Waals surface area contributed by atoms with Crippen LogP contribution < -0.4 is 5.32 Å². The molecule has 1 saturated heterocycles. The first-order valence-corrected chi connectivity index (χ1v) is 6.91. The van der Waals surface area contributed by atoms with E-state index < -0.39 is 0 Å². The van der Waals surface area contributed by atoms with Crippen LogP contribution in [0.3, 0.4) is 0 Å². The molecule has 1 aromatic rings. The van der Waals surface area contributed by atoms with E-state index in [0.717, 1.165) is 31.5 Å². The lowest BCUT2D eigenvalue weighted by Crippen LogP contribution is -2.44. The summed E-state index contributed by atoms with van der Waals surface area (Å²) in [4.78, 5) is 14.1. The average Bonchev–Trinajstić information content (AvgIpc) is 2.92. The zero-order valence-electron chi connectivity index (χ0n) is 11.6. The lowest BCUT2D eigenvalue weighted by molar-refractivity contribution is -0.132. The van der Waals surface area contributed by atoms with Crippen molar-refractivity contribution < 1.29 is 9.90 Å². The number of phenolic OH excluding ortho intramolecular Hbond substituents is 1. The van der Waals surface area contributed by atoms with Crippen molar-refractivity contribution in [2.24, 2.45) is 0 Å². The molecule has 2 unspecified atom stereocenters. The van der Waals surface area contributed by atoms with E-state index >= 15 is 0 Å². The van der Waals surface area contributed by atoms with Crippen LogP contribution in [0.1, 0.15) is 38.3 Å². The minimum Gasteiger partial charge on any atom is -0.508 e. The molecule has 4 nitrogen and oxygen atoms in total. The maximum atomic E-state index is 12.2. The molecular formula is C15H22N2O2. The number of phenols is 1. The molecule has 1 aliphatic rings. The van der Waals surface area contributed by atoms with Gasteiger partial charge < -0.3 is 10.0 Å². The van der Waals surface area contributed by atoms with Crippen LogP contribution in [0.5, 0.6) is 5.75 Å². The van der Waals surface area contributed by atoms with Gasteiger partial charge in [0.2, 0.25) is 5.91 Å². The summed E-state index contributed by atoms with van der Waals surface area (Å²) in [5, 5.41) is 12.6. The third-order valence-corrected chi connectivity index (χ3v) is 3.68. The molecule has 2 N–H and O–H groups in total. The SMILES string of the molecule is CC(NC(C)c1ccc(O)cc1)C(=O)N1CCCC1. The molecule has 4 heteroatoms. The molecule has 1 fully saturated rings. The Kier molecular flexibility index (Phi) is 4.43. The van der Waals surface area contributed by atoms with Crippen molar-refractivity contribution in [3.63, 3.8) is 0 Å². The molecule has 19 heavy (non-hydrogen) atoms. The maximum Gasteiger partial charge on any atom is 0.239 e. The van der Waals surface area contributed by atoms with E-state index in [2.05, 4.69) is 5.32 Å². The molecule has 1 aliphatic heterocycles. The minimum absolute atomic E-state index is 0.0853. The first-order valence-electron chi connectivity index (χ1n) is 6.91. The van der Waals surface area contributed by atoms with Crippen LogP contribution in [0.15, 0.2) is 24.3 Å². The number of amides is 1. The highest BCUT2D eigenvalue weighted by Crippen LogP contribution is 2.17. The Morgan fingerprint density at radius 1 is 1.21 bits per heavy atom. The first-order chi connectivity index (χ1) is 9.08. The van der Waals surface area contributed by atoms with Gasteiger partial charge in [-0.2, -0.15) is 0 Å². The van der Waals surface area contributed by atoms with E-state index in [1.54, 1.807) is 12.1 Å². The Morgan fingerprint density at radius 3 is 2.37 bits per heavy atom. The summed E-state index contributed by atoms with van der Waals surface area (Å²) in [6.07, 6.45) is 2.23. The molecule has 1 aromatic carbocycles. The second-order valence-corrected chi connectivity index (χ2v) is 5.23. The van der Waals surface area contributed by atoms with E-state index in [9.17, 15) is 9.90 Å². The molecule has 1 amide bonds. The predicted molar refractivity (Wildman–Crippen MR) is 74.9 cm³/mol. The summed E-state index contributed by atoms with van der Waals surface area (Å²) in [5.41, 5.74) is 1.07. The summed E-state index contributed by atoms with van der Waals surface area (Å²) in [6, 6.07) is 6.99. The van der Waals surface area contributed by atoms with E-state index in [1.807, 2.05) is 30.9 Å². The Balaban J connectivity index is 1.92.